The van der Waals surface area contributed by atoms with Gasteiger partial charge >= 0.3 is 0 Å². The zero-order valence-electron chi connectivity index (χ0n) is 20.5. The molecule has 2 aromatic rings. The van der Waals surface area contributed by atoms with Gasteiger partial charge in [0.15, 0.2) is 23.0 Å². The summed E-state index contributed by atoms with van der Waals surface area (Å²) >= 11 is 0. The van der Waals surface area contributed by atoms with Crippen LogP contribution in [0, 0.1) is 0 Å². The van der Waals surface area contributed by atoms with Crippen molar-refractivity contribution in [1.29, 1.82) is 0 Å². The van der Waals surface area contributed by atoms with E-state index in [1.54, 1.807) is 28.4 Å². The quantitative estimate of drug-likeness (QED) is 0.588. The first kappa shape index (κ1) is 24.2. The summed E-state index contributed by atoms with van der Waals surface area (Å²) in [5.41, 5.74) is 3.34. The Morgan fingerprint density at radius 1 is 0.882 bits per heavy atom. The molecule has 2 aliphatic heterocycles. The molecule has 8 heteroatoms. The van der Waals surface area contributed by atoms with Gasteiger partial charge in [0.1, 0.15) is 0 Å². The third-order valence-electron chi connectivity index (χ3n) is 6.66. The fourth-order valence-corrected chi connectivity index (χ4v) is 4.82. The summed E-state index contributed by atoms with van der Waals surface area (Å²) < 4.78 is 27.5. The minimum absolute atomic E-state index is 0.129. The number of carbonyl (C=O) groups is 1. The number of methoxy groups -OCH3 is 4. The maximum atomic E-state index is 13.5. The van der Waals surface area contributed by atoms with Crippen molar-refractivity contribution >= 4 is 5.91 Å². The van der Waals surface area contributed by atoms with Gasteiger partial charge < -0.3 is 28.6 Å². The summed E-state index contributed by atoms with van der Waals surface area (Å²) in [6.07, 6.45) is 1.42. The summed E-state index contributed by atoms with van der Waals surface area (Å²) in [6, 6.07) is 9.86. The topological polar surface area (TPSA) is 69.7 Å². The zero-order chi connectivity index (χ0) is 24.1. The second kappa shape index (κ2) is 11.0. The predicted molar refractivity (Wildman–Crippen MR) is 128 cm³/mol. The average molecular weight is 471 g/mol. The minimum Gasteiger partial charge on any atom is -0.493 e. The normalized spacial score (nSPS) is 18.2. The molecule has 0 saturated carbocycles. The van der Waals surface area contributed by atoms with Crippen LogP contribution in [-0.4, -0.2) is 83.5 Å². The van der Waals surface area contributed by atoms with Crippen molar-refractivity contribution in [3.63, 3.8) is 0 Å². The van der Waals surface area contributed by atoms with Gasteiger partial charge in [-0.25, -0.2) is 0 Å². The smallest absolute Gasteiger partial charge is 0.237 e. The molecular weight excluding hydrogens is 436 g/mol. The van der Waals surface area contributed by atoms with Gasteiger partial charge in [-0.15, -0.1) is 0 Å². The first-order valence-corrected chi connectivity index (χ1v) is 11.6. The molecule has 1 atom stereocenters. The molecule has 2 heterocycles. The molecule has 8 nitrogen and oxygen atoms in total. The number of amides is 1. The van der Waals surface area contributed by atoms with Crippen LogP contribution in [0.15, 0.2) is 30.3 Å². The van der Waals surface area contributed by atoms with Crippen molar-refractivity contribution in [2.24, 2.45) is 0 Å². The lowest BCUT2D eigenvalue weighted by molar-refractivity contribution is -0.136. The number of fused-ring (bicyclic) bond motifs is 1. The van der Waals surface area contributed by atoms with Crippen molar-refractivity contribution < 1.29 is 28.5 Å². The Kier molecular flexibility index (Phi) is 7.80. The Balaban J connectivity index is 1.68. The number of carbonyl (C=O) groups excluding carboxylic acids is 1. The van der Waals surface area contributed by atoms with Crippen molar-refractivity contribution in [2.75, 3.05) is 67.8 Å². The van der Waals surface area contributed by atoms with Gasteiger partial charge in [-0.05, 0) is 53.8 Å². The molecule has 0 aromatic heterocycles. The van der Waals surface area contributed by atoms with E-state index in [9.17, 15) is 4.79 Å². The Morgan fingerprint density at radius 3 is 2.21 bits per heavy atom. The molecule has 2 aliphatic rings. The van der Waals surface area contributed by atoms with Gasteiger partial charge in [0, 0.05) is 19.6 Å². The number of benzene rings is 2. The molecule has 4 rings (SSSR count). The molecule has 184 valence electrons. The van der Waals surface area contributed by atoms with Crippen LogP contribution >= 0.6 is 0 Å². The van der Waals surface area contributed by atoms with E-state index in [-0.39, 0.29) is 11.9 Å². The summed E-state index contributed by atoms with van der Waals surface area (Å²) in [4.78, 5) is 17.7. The molecule has 0 aliphatic carbocycles. The fourth-order valence-electron chi connectivity index (χ4n) is 4.82. The summed E-state index contributed by atoms with van der Waals surface area (Å²) in [5, 5.41) is 0. The number of nitrogens with zero attached hydrogens (tertiary/aromatic N) is 2. The Hall–Kier alpha value is -2.97. The highest BCUT2D eigenvalue weighted by Crippen LogP contribution is 2.40. The van der Waals surface area contributed by atoms with Gasteiger partial charge in [-0.2, -0.15) is 0 Å². The van der Waals surface area contributed by atoms with E-state index in [0.29, 0.717) is 55.7 Å². The van der Waals surface area contributed by atoms with Crippen molar-refractivity contribution in [1.82, 2.24) is 9.80 Å². The van der Waals surface area contributed by atoms with Crippen LogP contribution < -0.4 is 18.9 Å². The van der Waals surface area contributed by atoms with Crippen LogP contribution in [0.4, 0.5) is 0 Å². The monoisotopic (exact) mass is 470 g/mol. The summed E-state index contributed by atoms with van der Waals surface area (Å²) in [7, 11) is 6.54. The molecule has 34 heavy (non-hydrogen) atoms. The highest BCUT2D eigenvalue weighted by Gasteiger charge is 2.33. The second-order valence-corrected chi connectivity index (χ2v) is 8.54. The van der Waals surface area contributed by atoms with E-state index >= 15 is 0 Å². The molecule has 2 aromatic carbocycles. The number of hydrogen-bond donors (Lipinski definition) is 0. The number of hydrogen-bond acceptors (Lipinski definition) is 7. The number of morpholine rings is 1. The van der Waals surface area contributed by atoms with Crippen molar-refractivity contribution in [2.45, 2.75) is 18.9 Å². The van der Waals surface area contributed by atoms with Gasteiger partial charge in [-0.3, -0.25) is 9.69 Å². The largest absolute Gasteiger partial charge is 0.493 e. The lowest BCUT2D eigenvalue weighted by atomic mass is 9.88. The van der Waals surface area contributed by atoms with Crippen LogP contribution in [-0.2, 0) is 22.4 Å². The lowest BCUT2D eigenvalue weighted by Gasteiger charge is -2.39. The maximum absolute atomic E-state index is 13.5. The van der Waals surface area contributed by atoms with E-state index in [1.165, 1.54) is 5.56 Å². The zero-order valence-corrected chi connectivity index (χ0v) is 20.5. The van der Waals surface area contributed by atoms with Crippen LogP contribution in [0.25, 0.3) is 0 Å². The molecule has 0 radical (unpaired) electrons. The van der Waals surface area contributed by atoms with Crippen LogP contribution in [0.2, 0.25) is 0 Å². The van der Waals surface area contributed by atoms with Gasteiger partial charge in [0.25, 0.3) is 0 Å². The highest BCUT2D eigenvalue weighted by molar-refractivity contribution is 5.79. The molecule has 1 unspecified atom stereocenters. The SMILES string of the molecule is COc1ccc(CC2c3cc(OC)c(OC)cc3CCN2C(=O)CN2CCOCC2)cc1OC. The fraction of sp³-hybridized carbons (Fsp3) is 0.500. The second-order valence-electron chi connectivity index (χ2n) is 8.54. The Bertz CT molecular complexity index is 1010. The third-order valence-corrected chi connectivity index (χ3v) is 6.66. The van der Waals surface area contributed by atoms with E-state index in [1.807, 2.05) is 35.2 Å². The van der Waals surface area contributed by atoms with Gasteiger partial charge in [-0.1, -0.05) is 6.07 Å². The molecular formula is C26H34N2O6. The molecule has 0 bridgehead atoms. The van der Waals surface area contributed by atoms with E-state index in [4.69, 9.17) is 23.7 Å². The van der Waals surface area contributed by atoms with Crippen molar-refractivity contribution in [3.8, 4) is 23.0 Å². The van der Waals surface area contributed by atoms with E-state index in [2.05, 4.69) is 4.90 Å². The summed E-state index contributed by atoms with van der Waals surface area (Å²) in [6.45, 7) is 3.95. The van der Waals surface area contributed by atoms with Crippen LogP contribution in [0.3, 0.4) is 0 Å². The van der Waals surface area contributed by atoms with Crippen LogP contribution in [0.5, 0.6) is 23.0 Å². The van der Waals surface area contributed by atoms with Crippen LogP contribution in [0.1, 0.15) is 22.7 Å². The molecule has 0 spiro atoms. The number of ether oxygens (including phenoxy) is 5. The first-order chi connectivity index (χ1) is 16.6. The van der Waals surface area contributed by atoms with E-state index < -0.39 is 0 Å². The highest BCUT2D eigenvalue weighted by atomic mass is 16.5. The molecule has 0 N–H and O–H groups in total. The standard InChI is InChI=1S/C26H34N2O6/c1-30-22-6-5-18(14-23(22)31-2)13-21-20-16-25(33-4)24(32-3)15-19(20)7-8-28(21)26(29)17-27-9-11-34-12-10-27/h5-6,14-16,21H,7-13,17H2,1-4H3. The van der Waals surface area contributed by atoms with Crippen molar-refractivity contribution in [3.05, 3.63) is 47.0 Å². The average Bonchev–Trinajstić information content (AvgIpc) is 2.88. The molecule has 1 amide bonds. The third kappa shape index (κ3) is 5.08. The Labute approximate surface area is 201 Å². The predicted octanol–water partition coefficient (Wildman–Crippen LogP) is 2.72. The molecule has 1 fully saturated rings. The lowest BCUT2D eigenvalue weighted by Crippen LogP contribution is -2.48. The van der Waals surface area contributed by atoms with Gasteiger partial charge in [0.2, 0.25) is 5.91 Å². The summed E-state index contributed by atoms with van der Waals surface area (Å²) in [5.74, 6) is 2.87. The van der Waals surface area contributed by atoms with Gasteiger partial charge in [0.05, 0.1) is 54.2 Å². The van der Waals surface area contributed by atoms with E-state index in [0.717, 1.165) is 30.6 Å². The molecule has 1 saturated heterocycles. The maximum Gasteiger partial charge on any atom is 0.237 e. The minimum atomic E-state index is -0.129. The number of rotatable bonds is 8. The first-order valence-electron chi connectivity index (χ1n) is 11.6. The Morgan fingerprint density at radius 2 is 1.53 bits per heavy atom.